The molecule has 6 rings (SSSR count). The molecule has 1 saturated heterocycles. The van der Waals surface area contributed by atoms with E-state index >= 15 is 0 Å². The highest BCUT2D eigenvalue weighted by atomic mass is 35.5. The summed E-state index contributed by atoms with van der Waals surface area (Å²) in [5.41, 5.74) is 4.13. The molecule has 2 aliphatic rings. The van der Waals surface area contributed by atoms with E-state index in [1.165, 1.54) is 0 Å². The van der Waals surface area contributed by atoms with Crippen molar-refractivity contribution in [1.29, 1.82) is 0 Å². The number of benzene rings is 2. The van der Waals surface area contributed by atoms with Crippen LogP contribution in [0.5, 0.6) is 0 Å². The lowest BCUT2D eigenvalue weighted by Crippen LogP contribution is -2.37. The molecule has 38 heavy (non-hydrogen) atoms. The van der Waals surface area contributed by atoms with Crippen LogP contribution in [-0.2, 0) is 11.3 Å². The Morgan fingerprint density at radius 3 is 2.61 bits per heavy atom. The number of nitrogens with two attached hydrogens (primary N) is 1. The predicted molar refractivity (Wildman–Crippen MR) is 151 cm³/mol. The molecule has 0 spiro atoms. The summed E-state index contributed by atoms with van der Waals surface area (Å²) < 4.78 is 17.9. The van der Waals surface area contributed by atoms with Gasteiger partial charge in [0.05, 0.1) is 22.8 Å². The Hall–Kier alpha value is -2.69. The van der Waals surface area contributed by atoms with Gasteiger partial charge in [0.25, 0.3) is 0 Å². The number of piperidine rings is 1. The van der Waals surface area contributed by atoms with E-state index in [1.54, 1.807) is 0 Å². The van der Waals surface area contributed by atoms with E-state index < -0.39 is 0 Å². The molecule has 1 aliphatic carbocycles. The number of furan rings is 1. The molecular weight excluding hydrogens is 547 g/mol. The third-order valence-corrected chi connectivity index (χ3v) is 8.02. The second-order valence-electron chi connectivity index (χ2n) is 9.61. The minimum Gasteiger partial charge on any atom is -0.440 e. The van der Waals surface area contributed by atoms with Gasteiger partial charge in [-0.15, -0.1) is 0 Å². The number of ether oxygens (including phenoxy) is 1. The average molecular weight is 574 g/mol. The Bertz CT molecular complexity index is 1460. The quantitative estimate of drug-likeness (QED) is 0.218. The lowest BCUT2D eigenvalue weighted by atomic mass is 10.0. The average Bonchev–Trinajstić information content (AvgIpc) is 3.56. The van der Waals surface area contributed by atoms with Crippen LogP contribution in [0.2, 0.25) is 10.0 Å². The summed E-state index contributed by atoms with van der Waals surface area (Å²) in [5, 5.41) is 13.9. The van der Waals surface area contributed by atoms with Gasteiger partial charge in [0.1, 0.15) is 17.0 Å². The number of nitrogens with zero attached hydrogens (tertiary/aromatic N) is 2. The minimum atomic E-state index is -0.371. The summed E-state index contributed by atoms with van der Waals surface area (Å²) in [6.45, 7) is 2.14. The van der Waals surface area contributed by atoms with Gasteiger partial charge in [0.2, 0.25) is 5.88 Å². The molecule has 1 aliphatic heterocycles. The number of carbonyl (C=O) groups is 1. The van der Waals surface area contributed by atoms with E-state index in [1.807, 2.05) is 36.4 Å². The highest BCUT2D eigenvalue weighted by Crippen LogP contribution is 2.46. The first-order valence-corrected chi connectivity index (χ1v) is 14.1. The smallest absolute Gasteiger partial charge is 0.300 e. The lowest BCUT2D eigenvalue weighted by molar-refractivity contribution is 0.0246. The van der Waals surface area contributed by atoms with Crippen LogP contribution in [0, 0.1) is 0 Å². The van der Waals surface area contributed by atoms with E-state index in [0.29, 0.717) is 57.2 Å². The predicted octanol–water partition coefficient (Wildman–Crippen LogP) is 7.60. The maximum Gasteiger partial charge on any atom is 0.300 e. The van der Waals surface area contributed by atoms with Crippen molar-refractivity contribution in [3.63, 3.8) is 0 Å². The van der Waals surface area contributed by atoms with E-state index in [2.05, 4.69) is 21.4 Å². The summed E-state index contributed by atoms with van der Waals surface area (Å²) >= 11 is 13.6. The summed E-state index contributed by atoms with van der Waals surface area (Å²) in [6.07, 6.45) is 4.10. The summed E-state index contributed by atoms with van der Waals surface area (Å²) in [4.78, 5) is 13.9. The molecule has 1 saturated carbocycles. The van der Waals surface area contributed by atoms with Crippen molar-refractivity contribution < 1.29 is 18.5 Å². The van der Waals surface area contributed by atoms with Crippen LogP contribution < -0.4 is 15.4 Å². The number of hydrogen-bond donors (Lipinski definition) is 2. The molecule has 3 N–H and O–H groups in total. The van der Waals surface area contributed by atoms with Gasteiger partial charge in [-0.1, -0.05) is 34.4 Å². The molecular formula is C27H26Cl2N4O4S. The van der Waals surface area contributed by atoms with E-state index in [4.69, 9.17) is 42.0 Å². The van der Waals surface area contributed by atoms with E-state index in [9.17, 15) is 4.79 Å². The molecule has 0 unspecified atom stereocenters. The fourth-order valence-electron chi connectivity index (χ4n) is 4.95. The van der Waals surface area contributed by atoms with Gasteiger partial charge in [-0.3, -0.25) is 15.3 Å². The fraction of sp³-hybridized carbons (Fsp3) is 0.333. The van der Waals surface area contributed by atoms with Gasteiger partial charge in [-0.05, 0) is 56.0 Å². The Morgan fingerprint density at radius 1 is 1.13 bits per heavy atom. The van der Waals surface area contributed by atoms with E-state index in [0.717, 1.165) is 61.2 Å². The Morgan fingerprint density at radius 2 is 1.89 bits per heavy atom. The summed E-state index contributed by atoms with van der Waals surface area (Å²) in [6, 6.07) is 13.3. The van der Waals surface area contributed by atoms with Gasteiger partial charge >= 0.3 is 5.24 Å². The Balaban J connectivity index is 1.11. The summed E-state index contributed by atoms with van der Waals surface area (Å²) in [5.74, 6) is 1.66. The van der Waals surface area contributed by atoms with Crippen LogP contribution >= 0.6 is 35.1 Å². The number of amides is 1. The van der Waals surface area contributed by atoms with Gasteiger partial charge in [-0.2, -0.15) is 0 Å². The Labute approximate surface area is 233 Å². The van der Waals surface area contributed by atoms with Crippen LogP contribution in [-0.4, -0.2) is 29.6 Å². The first kappa shape index (κ1) is 25.6. The molecule has 1 amide bonds. The van der Waals surface area contributed by atoms with Crippen LogP contribution in [0.25, 0.3) is 22.2 Å². The normalized spacial score (nSPS) is 16.3. The standard InChI is InChI=1S/C27H26Cl2N4O4S/c28-20-2-1-3-21(29)24(20)25-19(26(37-32-25)15-4-5-15)14-35-18-8-10-33(11-9-18)17-6-7-22-16(12-17)13-23(36-22)31-27(34)38-30/h1-3,6-7,12-13,15,18H,4-5,8-11,14,30H2,(H,31,34). The van der Waals surface area contributed by atoms with Gasteiger partial charge < -0.3 is 18.6 Å². The molecule has 0 bridgehead atoms. The zero-order valence-electron chi connectivity index (χ0n) is 20.4. The maximum absolute atomic E-state index is 11.5. The van der Waals surface area contributed by atoms with Crippen molar-refractivity contribution in [2.24, 2.45) is 5.14 Å². The highest BCUT2D eigenvalue weighted by molar-refractivity contribution is 8.11. The number of anilines is 2. The first-order valence-electron chi connectivity index (χ1n) is 12.5. The van der Waals surface area contributed by atoms with Gasteiger partial charge in [0.15, 0.2) is 0 Å². The second kappa shape index (κ2) is 10.8. The first-order chi connectivity index (χ1) is 18.5. The number of carbonyl (C=O) groups excluding carboxylic acids is 1. The Kier molecular flexibility index (Phi) is 7.29. The minimum absolute atomic E-state index is 0.121. The number of rotatable bonds is 7. The van der Waals surface area contributed by atoms with Crippen molar-refractivity contribution in [2.75, 3.05) is 23.3 Å². The topological polar surface area (TPSA) is 107 Å². The zero-order chi connectivity index (χ0) is 26.2. The molecule has 11 heteroatoms. The number of halogens is 2. The van der Waals surface area contributed by atoms with Gasteiger partial charge in [-0.25, -0.2) is 0 Å². The van der Waals surface area contributed by atoms with Crippen molar-refractivity contribution in [1.82, 2.24) is 5.16 Å². The maximum atomic E-state index is 11.5. The number of aromatic nitrogens is 1. The van der Waals surface area contributed by atoms with Crippen LogP contribution in [0.1, 0.15) is 42.9 Å². The van der Waals surface area contributed by atoms with Crippen molar-refractivity contribution in [3.8, 4) is 11.3 Å². The summed E-state index contributed by atoms with van der Waals surface area (Å²) in [7, 11) is 0. The zero-order valence-corrected chi connectivity index (χ0v) is 22.7. The lowest BCUT2D eigenvalue weighted by Gasteiger charge is -2.33. The molecule has 2 fully saturated rings. The molecule has 8 nitrogen and oxygen atoms in total. The van der Waals surface area contributed by atoms with E-state index in [-0.39, 0.29) is 11.3 Å². The van der Waals surface area contributed by atoms with Crippen LogP contribution in [0.3, 0.4) is 0 Å². The monoisotopic (exact) mass is 572 g/mol. The fourth-order valence-corrected chi connectivity index (χ4v) is 5.69. The van der Waals surface area contributed by atoms with Crippen molar-refractivity contribution in [2.45, 2.75) is 44.3 Å². The molecule has 0 radical (unpaired) electrons. The third-order valence-electron chi connectivity index (χ3n) is 7.07. The van der Waals surface area contributed by atoms with Crippen molar-refractivity contribution >= 4 is 62.9 Å². The highest BCUT2D eigenvalue weighted by Gasteiger charge is 2.34. The third kappa shape index (κ3) is 5.26. The molecule has 198 valence electrons. The van der Waals surface area contributed by atoms with Gasteiger partial charge in [0, 0.05) is 59.2 Å². The molecule has 0 atom stereocenters. The number of fused-ring (bicyclic) bond motifs is 1. The van der Waals surface area contributed by atoms with Crippen LogP contribution in [0.4, 0.5) is 16.4 Å². The largest absolute Gasteiger partial charge is 0.440 e. The molecule has 2 aromatic heterocycles. The second-order valence-corrected chi connectivity index (χ2v) is 11.0. The molecule has 2 aromatic carbocycles. The molecule has 3 heterocycles. The van der Waals surface area contributed by atoms with Crippen LogP contribution in [0.15, 0.2) is 51.4 Å². The number of nitrogens with one attached hydrogen (secondary N) is 1. The molecule has 4 aromatic rings. The SMILES string of the molecule is NSC(=O)Nc1cc2cc(N3CCC(OCc4c(-c5c(Cl)cccc5Cl)noc4C4CC4)CC3)ccc2o1. The number of hydrogen-bond acceptors (Lipinski definition) is 8. The van der Waals surface area contributed by atoms with Crippen molar-refractivity contribution in [3.05, 3.63) is 63.8 Å².